The Morgan fingerprint density at radius 3 is 1.35 bits per heavy atom. The topological polar surface area (TPSA) is 6.48 Å². The first kappa shape index (κ1) is 36.2. The molecule has 1 heterocycles. The van der Waals surface area contributed by atoms with Crippen LogP contribution in [0.4, 0.5) is 34.1 Å². The lowest BCUT2D eigenvalue weighted by Crippen LogP contribution is -2.26. The zero-order valence-corrected chi connectivity index (χ0v) is 35.9. The van der Waals surface area contributed by atoms with Gasteiger partial charge in [-0.3, -0.25) is 0 Å². The summed E-state index contributed by atoms with van der Waals surface area (Å²) in [5.41, 5.74) is 20.8. The van der Waals surface area contributed by atoms with Gasteiger partial charge in [-0.15, -0.1) is 11.3 Å². The highest BCUT2D eigenvalue weighted by atomic mass is 32.1. The summed E-state index contributed by atoms with van der Waals surface area (Å²) in [7, 11) is 0. The van der Waals surface area contributed by atoms with Crippen LogP contribution in [0.15, 0.2) is 218 Å². The van der Waals surface area contributed by atoms with Crippen molar-refractivity contribution in [1.29, 1.82) is 0 Å². The van der Waals surface area contributed by atoms with Crippen LogP contribution in [0.1, 0.15) is 46.5 Å². The fraction of sp³-hybridized carbons (Fsp3) is 0.0667. The van der Waals surface area contributed by atoms with E-state index in [2.05, 4.69) is 242 Å². The fourth-order valence-corrected chi connectivity index (χ4v) is 12.7. The maximum atomic E-state index is 2.53. The predicted octanol–water partition coefficient (Wildman–Crippen LogP) is 16.5. The van der Waals surface area contributed by atoms with Gasteiger partial charge in [-0.1, -0.05) is 153 Å². The molecule has 2 nitrogen and oxygen atoms in total. The first-order valence-corrected chi connectivity index (χ1v) is 22.7. The molecule has 0 aliphatic heterocycles. The number of fused-ring (bicyclic) bond motifs is 15. The molecule has 0 N–H and O–H groups in total. The van der Waals surface area contributed by atoms with Gasteiger partial charge in [0.25, 0.3) is 0 Å². The van der Waals surface area contributed by atoms with E-state index in [1.54, 1.807) is 0 Å². The van der Waals surface area contributed by atoms with Gasteiger partial charge >= 0.3 is 0 Å². The van der Waals surface area contributed by atoms with Gasteiger partial charge in [-0.2, -0.15) is 0 Å². The molecule has 0 fully saturated rings. The molecule has 298 valence electrons. The lowest BCUT2D eigenvalue weighted by atomic mass is 9.73. The third-order valence-corrected chi connectivity index (χ3v) is 15.3. The number of thiophene rings is 1. The van der Waals surface area contributed by atoms with Crippen molar-refractivity contribution in [2.24, 2.45) is 0 Å². The van der Waals surface area contributed by atoms with Gasteiger partial charge in [-0.25, -0.2) is 0 Å². The second-order valence-electron chi connectivity index (χ2n) is 17.6. The average molecular weight is 823 g/mol. The van der Waals surface area contributed by atoms with E-state index >= 15 is 0 Å². The van der Waals surface area contributed by atoms with Gasteiger partial charge in [0.05, 0.1) is 5.41 Å². The molecular formula is C60H42N2S. The summed E-state index contributed by atoms with van der Waals surface area (Å²) < 4.78 is 1.32. The minimum atomic E-state index is -0.546. The Morgan fingerprint density at radius 1 is 0.333 bits per heavy atom. The van der Waals surface area contributed by atoms with E-state index < -0.39 is 5.41 Å². The number of nitrogens with zero attached hydrogens (tertiary/aromatic N) is 2. The average Bonchev–Trinajstić information content (AvgIpc) is 4.02. The summed E-state index contributed by atoms with van der Waals surface area (Å²) in [6.07, 6.45) is 0. The van der Waals surface area contributed by atoms with Crippen LogP contribution in [0.2, 0.25) is 0 Å². The van der Waals surface area contributed by atoms with Gasteiger partial charge in [0.1, 0.15) is 0 Å². The van der Waals surface area contributed by atoms with Gasteiger partial charge in [-0.05, 0) is 134 Å². The van der Waals surface area contributed by atoms with E-state index in [-0.39, 0.29) is 5.41 Å². The molecule has 13 rings (SSSR count). The standard InChI is InChI=1S/C60H42N2S/c1-59(2)51-27-15-12-24-45(51)47-33-30-42(36-53(47)59)62(41-22-10-5-11-23-41)44-31-34-48-46-25-13-16-28-52(46)60(54(48)37-44)55-38-43(61(39-18-6-3-7-19-39)40-20-8-4-9-21-40)32-35-49(55)57-50-26-14-17-29-56(50)63-58(57)60/h3-38H,1-2H3. The van der Waals surface area contributed by atoms with Gasteiger partial charge in [0.15, 0.2) is 0 Å². The van der Waals surface area contributed by atoms with Crippen molar-refractivity contribution in [2.45, 2.75) is 24.7 Å². The molecule has 3 aliphatic rings. The number of para-hydroxylation sites is 3. The van der Waals surface area contributed by atoms with Gasteiger partial charge in [0.2, 0.25) is 0 Å². The maximum Gasteiger partial charge on any atom is 0.0820 e. The number of benzene rings is 9. The van der Waals surface area contributed by atoms with E-state index in [0.717, 1.165) is 34.1 Å². The minimum absolute atomic E-state index is 0.121. The van der Waals surface area contributed by atoms with Crippen LogP contribution >= 0.6 is 11.3 Å². The molecule has 9 aromatic carbocycles. The van der Waals surface area contributed by atoms with Crippen LogP contribution in [0.25, 0.3) is 43.5 Å². The van der Waals surface area contributed by atoms with Crippen molar-refractivity contribution in [3.63, 3.8) is 0 Å². The third-order valence-electron chi connectivity index (χ3n) is 14.0. The molecule has 0 saturated heterocycles. The summed E-state index contributed by atoms with van der Waals surface area (Å²) >= 11 is 1.96. The number of hydrogen-bond acceptors (Lipinski definition) is 3. The molecule has 63 heavy (non-hydrogen) atoms. The van der Waals surface area contributed by atoms with Crippen LogP contribution in [0.3, 0.4) is 0 Å². The zero-order valence-electron chi connectivity index (χ0n) is 35.1. The summed E-state index contributed by atoms with van der Waals surface area (Å²) in [6, 6.07) is 81.2. The molecular weight excluding hydrogens is 781 g/mol. The molecule has 0 bridgehead atoms. The maximum absolute atomic E-state index is 2.53. The Bertz CT molecular complexity index is 3400. The molecule has 0 amide bonds. The Kier molecular flexibility index (Phi) is 7.77. The summed E-state index contributed by atoms with van der Waals surface area (Å²) in [5.74, 6) is 0. The van der Waals surface area contributed by atoms with Crippen LogP contribution < -0.4 is 9.80 Å². The smallest absolute Gasteiger partial charge is 0.0820 e. The minimum Gasteiger partial charge on any atom is -0.310 e. The van der Waals surface area contributed by atoms with E-state index in [1.165, 1.54) is 76.2 Å². The molecule has 1 unspecified atom stereocenters. The fourth-order valence-electron chi connectivity index (χ4n) is 11.3. The highest BCUT2D eigenvalue weighted by Crippen LogP contribution is 2.67. The van der Waals surface area contributed by atoms with Crippen molar-refractivity contribution in [3.8, 4) is 33.4 Å². The highest BCUT2D eigenvalue weighted by molar-refractivity contribution is 7.20. The quantitative estimate of drug-likeness (QED) is 0.165. The molecule has 1 aromatic heterocycles. The third kappa shape index (κ3) is 5.06. The van der Waals surface area contributed by atoms with Crippen LogP contribution in [0.5, 0.6) is 0 Å². The predicted molar refractivity (Wildman–Crippen MR) is 265 cm³/mol. The van der Waals surface area contributed by atoms with E-state index in [1.807, 2.05) is 11.3 Å². The molecule has 3 heteroatoms. The van der Waals surface area contributed by atoms with Crippen molar-refractivity contribution in [1.82, 2.24) is 0 Å². The Hall–Kier alpha value is -7.46. The van der Waals surface area contributed by atoms with Crippen molar-refractivity contribution in [3.05, 3.63) is 251 Å². The Morgan fingerprint density at radius 2 is 0.746 bits per heavy atom. The zero-order chi connectivity index (χ0) is 41.9. The molecule has 0 radical (unpaired) electrons. The normalized spacial score (nSPS) is 15.7. The largest absolute Gasteiger partial charge is 0.310 e. The summed E-state index contributed by atoms with van der Waals surface area (Å²) in [4.78, 5) is 6.27. The van der Waals surface area contributed by atoms with Crippen molar-refractivity contribution < 1.29 is 0 Å². The number of anilines is 6. The Balaban J connectivity index is 1.08. The monoisotopic (exact) mass is 822 g/mol. The van der Waals surface area contributed by atoms with E-state index in [0.29, 0.717) is 0 Å². The second-order valence-corrected chi connectivity index (χ2v) is 18.7. The SMILES string of the molecule is CC1(C)c2ccccc2-c2ccc(N(c3ccccc3)c3ccc4c(c3)C3(c5ccccc5-4)c4cc(N(c5ccccc5)c5ccccc5)ccc4-c4c3sc3ccccc43)cc21. The molecule has 0 saturated carbocycles. The first-order valence-electron chi connectivity index (χ1n) is 21.9. The lowest BCUT2D eigenvalue weighted by molar-refractivity contribution is 0.660. The Labute approximate surface area is 372 Å². The van der Waals surface area contributed by atoms with Crippen LogP contribution in [-0.2, 0) is 10.8 Å². The van der Waals surface area contributed by atoms with Gasteiger partial charge in [0, 0.05) is 60.1 Å². The van der Waals surface area contributed by atoms with Crippen LogP contribution in [0, 0.1) is 0 Å². The van der Waals surface area contributed by atoms with E-state index in [4.69, 9.17) is 0 Å². The molecule has 1 atom stereocenters. The summed E-state index contributed by atoms with van der Waals surface area (Å²) in [6.45, 7) is 4.74. The molecule has 1 spiro atoms. The van der Waals surface area contributed by atoms with E-state index in [9.17, 15) is 0 Å². The lowest BCUT2D eigenvalue weighted by Gasteiger charge is -2.33. The molecule has 10 aromatic rings. The van der Waals surface area contributed by atoms with Crippen LogP contribution in [-0.4, -0.2) is 0 Å². The number of hydrogen-bond donors (Lipinski definition) is 0. The first-order chi connectivity index (χ1) is 31.0. The second kappa shape index (κ2) is 13.5. The highest BCUT2D eigenvalue weighted by Gasteiger charge is 2.54. The van der Waals surface area contributed by atoms with Crippen molar-refractivity contribution in [2.75, 3.05) is 9.80 Å². The summed E-state index contributed by atoms with van der Waals surface area (Å²) in [5, 5.41) is 1.32. The molecule has 3 aliphatic carbocycles. The number of rotatable bonds is 6. The van der Waals surface area contributed by atoms with Crippen molar-refractivity contribution >= 4 is 55.5 Å². The van der Waals surface area contributed by atoms with Gasteiger partial charge < -0.3 is 9.80 Å².